The van der Waals surface area contributed by atoms with E-state index in [9.17, 15) is 0 Å². The lowest BCUT2D eigenvalue weighted by atomic mass is 9.63. The standard InChI is InChI=1S/C36H35N/c1-35(2)21-22-36(3,4)33-25-28-23-27(20-19-26(28)24-32(33)35)31-17-11-12-18-34(31)37(29-13-7-5-8-14-29)30-15-9-6-10-16-30/h5-20,23-25H,21-22H2,1-4H3. The number of hydrogen-bond donors (Lipinski definition) is 0. The Labute approximate surface area is 221 Å². The van der Waals surface area contributed by atoms with Crippen LogP contribution in [0.3, 0.4) is 0 Å². The van der Waals surface area contributed by atoms with Gasteiger partial charge in [-0.05, 0) is 87.5 Å². The molecule has 5 aromatic rings. The number of nitrogens with zero attached hydrogens (tertiary/aromatic N) is 1. The Morgan fingerprint density at radius 3 is 1.62 bits per heavy atom. The van der Waals surface area contributed by atoms with Crippen LogP contribution in [0.4, 0.5) is 17.1 Å². The van der Waals surface area contributed by atoms with Crippen LogP contribution in [0.1, 0.15) is 51.7 Å². The Kier molecular flexibility index (Phi) is 5.68. The van der Waals surface area contributed by atoms with E-state index in [4.69, 9.17) is 0 Å². The first-order chi connectivity index (χ1) is 17.8. The third kappa shape index (κ3) is 4.23. The normalized spacial score (nSPS) is 15.8. The highest BCUT2D eigenvalue weighted by molar-refractivity contribution is 5.94. The highest BCUT2D eigenvalue weighted by Crippen LogP contribution is 2.48. The van der Waals surface area contributed by atoms with E-state index in [-0.39, 0.29) is 10.8 Å². The Hall–Kier alpha value is -3.84. The minimum atomic E-state index is 0.199. The third-order valence-electron chi connectivity index (χ3n) is 8.29. The molecule has 184 valence electrons. The van der Waals surface area contributed by atoms with Crippen LogP contribution >= 0.6 is 0 Å². The maximum absolute atomic E-state index is 2.48. The molecule has 0 heterocycles. The monoisotopic (exact) mass is 481 g/mol. The summed E-state index contributed by atoms with van der Waals surface area (Å²) in [5.41, 5.74) is 9.40. The van der Waals surface area contributed by atoms with Crippen molar-refractivity contribution >= 4 is 27.8 Å². The molecule has 0 radical (unpaired) electrons. The maximum Gasteiger partial charge on any atom is 0.0540 e. The number of hydrogen-bond acceptors (Lipinski definition) is 1. The van der Waals surface area contributed by atoms with Crippen molar-refractivity contribution in [3.05, 3.63) is 126 Å². The van der Waals surface area contributed by atoms with Crippen molar-refractivity contribution < 1.29 is 0 Å². The van der Waals surface area contributed by atoms with Gasteiger partial charge in [-0.25, -0.2) is 0 Å². The fourth-order valence-electron chi connectivity index (χ4n) is 5.97. The fourth-order valence-corrected chi connectivity index (χ4v) is 5.97. The predicted molar refractivity (Wildman–Crippen MR) is 159 cm³/mol. The Morgan fingerprint density at radius 1 is 0.514 bits per heavy atom. The summed E-state index contributed by atoms with van der Waals surface area (Å²) in [6.07, 6.45) is 2.46. The minimum absolute atomic E-state index is 0.199. The molecule has 0 spiro atoms. The van der Waals surface area contributed by atoms with Crippen molar-refractivity contribution in [3.63, 3.8) is 0 Å². The van der Waals surface area contributed by atoms with Gasteiger partial charge >= 0.3 is 0 Å². The molecule has 0 unspecified atom stereocenters. The van der Waals surface area contributed by atoms with Crippen LogP contribution in [0.5, 0.6) is 0 Å². The molecule has 0 bridgehead atoms. The molecule has 1 aliphatic rings. The number of para-hydroxylation sites is 3. The SMILES string of the molecule is CC1(C)CCC(C)(C)c2cc3cc(-c4ccccc4N(c4ccccc4)c4ccccc4)ccc3cc21. The molecular weight excluding hydrogens is 446 g/mol. The van der Waals surface area contributed by atoms with Gasteiger partial charge in [0.05, 0.1) is 5.69 Å². The molecule has 0 amide bonds. The van der Waals surface area contributed by atoms with Crippen LogP contribution in [0.2, 0.25) is 0 Å². The number of fused-ring (bicyclic) bond motifs is 2. The van der Waals surface area contributed by atoms with Gasteiger partial charge in [0.1, 0.15) is 0 Å². The molecule has 5 aromatic carbocycles. The number of anilines is 3. The van der Waals surface area contributed by atoms with Crippen molar-refractivity contribution in [3.8, 4) is 11.1 Å². The van der Waals surface area contributed by atoms with E-state index in [0.717, 1.165) is 11.4 Å². The zero-order chi connectivity index (χ0) is 25.6. The topological polar surface area (TPSA) is 3.24 Å². The lowest BCUT2D eigenvalue weighted by molar-refractivity contribution is 0.332. The summed E-state index contributed by atoms with van der Waals surface area (Å²) in [6.45, 7) is 9.62. The van der Waals surface area contributed by atoms with Crippen molar-refractivity contribution in [2.45, 2.75) is 51.4 Å². The molecule has 37 heavy (non-hydrogen) atoms. The van der Waals surface area contributed by atoms with Crippen molar-refractivity contribution in [2.24, 2.45) is 0 Å². The van der Waals surface area contributed by atoms with E-state index in [2.05, 4.69) is 148 Å². The summed E-state index contributed by atoms with van der Waals surface area (Å²) in [7, 11) is 0. The molecule has 6 rings (SSSR count). The number of benzene rings is 5. The zero-order valence-electron chi connectivity index (χ0n) is 22.3. The molecular formula is C36H35N. The predicted octanol–water partition coefficient (Wildman–Crippen LogP) is 10.3. The van der Waals surface area contributed by atoms with Crippen LogP contribution in [-0.4, -0.2) is 0 Å². The molecule has 0 saturated heterocycles. The lowest BCUT2D eigenvalue weighted by Gasteiger charge is -2.42. The highest BCUT2D eigenvalue weighted by atomic mass is 15.1. The highest BCUT2D eigenvalue weighted by Gasteiger charge is 2.37. The van der Waals surface area contributed by atoms with Gasteiger partial charge in [0.25, 0.3) is 0 Å². The first kappa shape index (κ1) is 23.6. The van der Waals surface area contributed by atoms with E-state index < -0.39 is 0 Å². The minimum Gasteiger partial charge on any atom is -0.310 e. The van der Waals surface area contributed by atoms with Crippen LogP contribution in [0.15, 0.2) is 115 Å². The average molecular weight is 482 g/mol. The quantitative estimate of drug-likeness (QED) is 0.247. The van der Waals surface area contributed by atoms with Gasteiger partial charge in [-0.15, -0.1) is 0 Å². The fraction of sp³-hybridized carbons (Fsp3) is 0.222. The third-order valence-corrected chi connectivity index (χ3v) is 8.29. The number of rotatable bonds is 4. The molecule has 1 heteroatoms. The second-order valence-electron chi connectivity index (χ2n) is 11.8. The molecule has 0 aliphatic heterocycles. The maximum atomic E-state index is 2.48. The van der Waals surface area contributed by atoms with E-state index in [1.54, 1.807) is 0 Å². The lowest BCUT2D eigenvalue weighted by Crippen LogP contribution is -2.33. The molecule has 0 N–H and O–H groups in total. The molecule has 0 fully saturated rings. The summed E-state index contributed by atoms with van der Waals surface area (Å²) < 4.78 is 0. The largest absolute Gasteiger partial charge is 0.310 e. The van der Waals surface area contributed by atoms with Crippen LogP contribution in [-0.2, 0) is 10.8 Å². The molecule has 0 atom stereocenters. The van der Waals surface area contributed by atoms with Gasteiger partial charge < -0.3 is 4.90 Å². The zero-order valence-corrected chi connectivity index (χ0v) is 22.3. The second-order valence-corrected chi connectivity index (χ2v) is 11.8. The summed E-state index contributed by atoms with van der Waals surface area (Å²) in [4.78, 5) is 2.36. The molecule has 0 aromatic heterocycles. The van der Waals surface area contributed by atoms with Crippen LogP contribution in [0.25, 0.3) is 21.9 Å². The van der Waals surface area contributed by atoms with Gasteiger partial charge in [0.2, 0.25) is 0 Å². The molecule has 1 nitrogen and oxygen atoms in total. The van der Waals surface area contributed by atoms with E-state index in [1.807, 2.05) is 0 Å². The van der Waals surface area contributed by atoms with Gasteiger partial charge in [0.15, 0.2) is 0 Å². The summed E-state index contributed by atoms with van der Waals surface area (Å²) in [6, 6.07) is 42.0. The summed E-state index contributed by atoms with van der Waals surface area (Å²) in [5, 5.41) is 2.65. The Balaban J connectivity index is 1.53. The van der Waals surface area contributed by atoms with Gasteiger partial charge in [-0.3, -0.25) is 0 Å². The Bertz CT molecular complexity index is 1520. The van der Waals surface area contributed by atoms with Gasteiger partial charge in [-0.1, -0.05) is 107 Å². The van der Waals surface area contributed by atoms with Gasteiger partial charge in [0, 0.05) is 16.9 Å². The van der Waals surface area contributed by atoms with Crippen LogP contribution in [0, 0.1) is 0 Å². The first-order valence-corrected chi connectivity index (χ1v) is 13.4. The summed E-state index contributed by atoms with van der Waals surface area (Å²) >= 11 is 0. The van der Waals surface area contributed by atoms with Crippen molar-refractivity contribution in [1.29, 1.82) is 0 Å². The van der Waals surface area contributed by atoms with E-state index in [1.165, 1.54) is 51.6 Å². The Morgan fingerprint density at radius 2 is 1.03 bits per heavy atom. The van der Waals surface area contributed by atoms with E-state index in [0.29, 0.717) is 0 Å². The van der Waals surface area contributed by atoms with Gasteiger partial charge in [-0.2, -0.15) is 0 Å². The molecule has 0 saturated carbocycles. The first-order valence-electron chi connectivity index (χ1n) is 13.4. The second kappa shape index (κ2) is 8.92. The van der Waals surface area contributed by atoms with Crippen molar-refractivity contribution in [1.82, 2.24) is 0 Å². The van der Waals surface area contributed by atoms with E-state index >= 15 is 0 Å². The smallest absolute Gasteiger partial charge is 0.0540 e. The molecule has 1 aliphatic carbocycles. The average Bonchev–Trinajstić information content (AvgIpc) is 2.92. The van der Waals surface area contributed by atoms with Crippen LogP contribution < -0.4 is 4.90 Å². The van der Waals surface area contributed by atoms with Crippen molar-refractivity contribution in [2.75, 3.05) is 4.90 Å². The summed E-state index contributed by atoms with van der Waals surface area (Å²) in [5.74, 6) is 0.